The Hall–Kier alpha value is -2.93. The average Bonchev–Trinajstić information content (AvgIpc) is 3.58. The van der Waals surface area contributed by atoms with Gasteiger partial charge in [-0.15, -0.1) is 0 Å². The molecule has 1 saturated heterocycles. The summed E-state index contributed by atoms with van der Waals surface area (Å²) in [5, 5.41) is 17.5. The molecule has 0 bridgehead atoms. The van der Waals surface area contributed by atoms with Crippen molar-refractivity contribution >= 4 is 17.3 Å². The van der Waals surface area contributed by atoms with E-state index in [1.807, 2.05) is 18.2 Å². The number of likely N-dealkylation sites (tertiary alicyclic amines) is 1. The molecule has 7 heteroatoms. The molecule has 0 spiro atoms. The third-order valence-electron chi connectivity index (χ3n) is 5.95. The quantitative estimate of drug-likeness (QED) is 0.462. The van der Waals surface area contributed by atoms with Gasteiger partial charge in [-0.05, 0) is 49.8 Å². The summed E-state index contributed by atoms with van der Waals surface area (Å²) < 4.78 is 0. The summed E-state index contributed by atoms with van der Waals surface area (Å²) in [5.41, 5.74) is 3.09. The van der Waals surface area contributed by atoms with Crippen LogP contribution in [0.25, 0.3) is 0 Å². The minimum atomic E-state index is -0.432. The van der Waals surface area contributed by atoms with Crippen molar-refractivity contribution in [2.75, 3.05) is 18.4 Å². The van der Waals surface area contributed by atoms with E-state index < -0.39 is 4.92 Å². The number of nitro benzene ring substituents is 1. The second-order valence-electron chi connectivity index (χ2n) is 8.35. The minimum absolute atomic E-state index is 0.0522. The predicted octanol–water partition coefficient (Wildman–Crippen LogP) is 2.67. The molecule has 30 heavy (non-hydrogen) atoms. The number of piperidine rings is 1. The molecule has 7 nitrogen and oxygen atoms in total. The van der Waals surface area contributed by atoms with Crippen LogP contribution in [0.3, 0.4) is 0 Å². The van der Waals surface area contributed by atoms with Crippen LogP contribution in [0.1, 0.15) is 53.6 Å². The first-order valence-corrected chi connectivity index (χ1v) is 10.8. The number of amides is 1. The molecule has 1 amide bonds. The van der Waals surface area contributed by atoms with E-state index in [4.69, 9.17) is 0 Å². The molecule has 1 saturated carbocycles. The topological polar surface area (TPSA) is 88.7 Å². The van der Waals surface area contributed by atoms with Crippen molar-refractivity contribution in [2.45, 2.75) is 51.2 Å². The Bertz CT molecular complexity index is 920. The van der Waals surface area contributed by atoms with Crippen molar-refractivity contribution in [1.82, 2.24) is 5.32 Å². The Labute approximate surface area is 176 Å². The Balaban J connectivity index is 1.42. The molecule has 2 fully saturated rings. The van der Waals surface area contributed by atoms with E-state index in [0.717, 1.165) is 24.9 Å². The molecule has 1 aliphatic carbocycles. The molecule has 0 unspecified atom stereocenters. The van der Waals surface area contributed by atoms with Gasteiger partial charge in [0, 0.05) is 29.8 Å². The molecule has 3 N–H and O–H groups in total. The molecule has 2 aliphatic rings. The lowest BCUT2D eigenvalue weighted by molar-refractivity contribution is -0.918. The van der Waals surface area contributed by atoms with Crippen molar-refractivity contribution in [3.8, 4) is 0 Å². The Morgan fingerprint density at radius 3 is 2.50 bits per heavy atom. The normalized spacial score (nSPS) is 16.8. The van der Waals surface area contributed by atoms with Crippen LogP contribution in [-0.4, -0.2) is 30.0 Å². The number of rotatable bonds is 8. The zero-order chi connectivity index (χ0) is 20.9. The Morgan fingerprint density at radius 2 is 1.80 bits per heavy atom. The van der Waals surface area contributed by atoms with Gasteiger partial charge in [0.05, 0.1) is 18.0 Å². The highest BCUT2D eigenvalue weighted by molar-refractivity contribution is 5.95. The molecule has 1 heterocycles. The van der Waals surface area contributed by atoms with Gasteiger partial charge in [-0.25, -0.2) is 0 Å². The highest BCUT2D eigenvalue weighted by atomic mass is 16.6. The third-order valence-corrected chi connectivity index (χ3v) is 5.95. The summed E-state index contributed by atoms with van der Waals surface area (Å²) in [5.74, 6) is -0.295. The monoisotopic (exact) mass is 409 g/mol. The Morgan fingerprint density at radius 1 is 1.07 bits per heavy atom. The van der Waals surface area contributed by atoms with Gasteiger partial charge in [0.1, 0.15) is 12.2 Å². The molecular formula is C23H29N4O3+. The predicted molar refractivity (Wildman–Crippen MR) is 116 cm³/mol. The second kappa shape index (κ2) is 9.26. The zero-order valence-electron chi connectivity index (χ0n) is 17.2. The first kappa shape index (κ1) is 20.3. The minimum Gasteiger partial charge on any atom is -0.377 e. The lowest BCUT2D eigenvalue weighted by Gasteiger charge is -2.24. The SMILES string of the molecule is O=C(NCc1ccccc1C[NH+]1CCCCC1)c1ccc(NC2CC2)c([N+](=O)[O-])c1. The molecule has 2 aromatic rings. The number of anilines is 1. The lowest BCUT2D eigenvalue weighted by atomic mass is 10.0. The van der Waals surface area contributed by atoms with Crippen LogP contribution in [0, 0.1) is 10.1 Å². The van der Waals surface area contributed by atoms with Crippen molar-refractivity contribution in [3.05, 3.63) is 69.3 Å². The van der Waals surface area contributed by atoms with Gasteiger partial charge in [-0.3, -0.25) is 14.9 Å². The van der Waals surface area contributed by atoms with E-state index >= 15 is 0 Å². The number of nitrogens with one attached hydrogen (secondary N) is 3. The van der Waals surface area contributed by atoms with Crippen LogP contribution >= 0.6 is 0 Å². The molecule has 1 aliphatic heterocycles. The van der Waals surface area contributed by atoms with Crippen LogP contribution in [0.4, 0.5) is 11.4 Å². The van der Waals surface area contributed by atoms with Crippen LogP contribution in [0.5, 0.6) is 0 Å². The van der Waals surface area contributed by atoms with E-state index in [0.29, 0.717) is 23.8 Å². The molecule has 158 valence electrons. The van der Waals surface area contributed by atoms with Gasteiger partial charge in [0.15, 0.2) is 0 Å². The molecule has 4 rings (SSSR count). The van der Waals surface area contributed by atoms with Crippen LogP contribution < -0.4 is 15.5 Å². The summed E-state index contributed by atoms with van der Waals surface area (Å²) >= 11 is 0. The number of carbonyl (C=O) groups is 1. The van der Waals surface area contributed by atoms with E-state index in [1.54, 1.807) is 17.0 Å². The fraction of sp³-hybridized carbons (Fsp3) is 0.435. The van der Waals surface area contributed by atoms with E-state index in [1.165, 1.54) is 44.0 Å². The highest BCUT2D eigenvalue weighted by Crippen LogP contribution is 2.31. The maximum Gasteiger partial charge on any atom is 0.293 e. The standard InChI is InChI=1S/C23H28N4O3/c28-23(17-8-11-21(25-20-9-10-20)22(14-17)27(29)30)24-15-18-6-2-3-7-19(18)16-26-12-4-1-5-13-26/h2-3,6-8,11,14,20,25H,1,4-5,9-10,12-13,15-16H2,(H,24,28)/p+1. The summed E-state index contributed by atoms with van der Waals surface area (Å²) in [6.07, 6.45) is 5.93. The van der Waals surface area contributed by atoms with Crippen molar-refractivity contribution in [1.29, 1.82) is 0 Å². The number of quaternary nitrogens is 1. The van der Waals surface area contributed by atoms with Crippen LogP contribution in [-0.2, 0) is 13.1 Å². The van der Waals surface area contributed by atoms with Gasteiger partial charge < -0.3 is 15.5 Å². The molecule has 0 radical (unpaired) electrons. The molecule has 0 atom stereocenters. The molecule has 0 aromatic heterocycles. The number of hydrogen-bond donors (Lipinski definition) is 3. The van der Waals surface area contributed by atoms with Crippen LogP contribution in [0.15, 0.2) is 42.5 Å². The highest BCUT2D eigenvalue weighted by Gasteiger charge is 2.25. The first-order valence-electron chi connectivity index (χ1n) is 10.8. The van der Waals surface area contributed by atoms with Crippen molar-refractivity contribution in [3.63, 3.8) is 0 Å². The fourth-order valence-electron chi connectivity index (χ4n) is 4.07. The number of benzene rings is 2. The number of hydrogen-bond acceptors (Lipinski definition) is 4. The summed E-state index contributed by atoms with van der Waals surface area (Å²) in [4.78, 5) is 25.3. The summed E-state index contributed by atoms with van der Waals surface area (Å²) in [6.45, 7) is 3.79. The number of carbonyl (C=O) groups excluding carboxylic acids is 1. The first-order chi connectivity index (χ1) is 14.6. The maximum atomic E-state index is 12.7. The van der Waals surface area contributed by atoms with E-state index in [9.17, 15) is 14.9 Å². The van der Waals surface area contributed by atoms with E-state index in [2.05, 4.69) is 16.7 Å². The lowest BCUT2D eigenvalue weighted by Crippen LogP contribution is -3.11. The largest absolute Gasteiger partial charge is 0.377 e. The Kier molecular flexibility index (Phi) is 6.28. The summed E-state index contributed by atoms with van der Waals surface area (Å²) in [6, 6.07) is 13.2. The van der Waals surface area contributed by atoms with Gasteiger partial charge in [-0.2, -0.15) is 0 Å². The van der Waals surface area contributed by atoms with Crippen molar-refractivity contribution in [2.24, 2.45) is 0 Å². The number of nitrogens with zero attached hydrogens (tertiary/aromatic N) is 1. The average molecular weight is 410 g/mol. The van der Waals surface area contributed by atoms with E-state index in [-0.39, 0.29) is 11.6 Å². The van der Waals surface area contributed by atoms with Gasteiger partial charge >= 0.3 is 0 Å². The van der Waals surface area contributed by atoms with Crippen LogP contribution in [0.2, 0.25) is 0 Å². The fourth-order valence-corrected chi connectivity index (χ4v) is 4.07. The maximum absolute atomic E-state index is 12.7. The third kappa shape index (κ3) is 5.16. The summed E-state index contributed by atoms with van der Waals surface area (Å²) in [7, 11) is 0. The molecular weight excluding hydrogens is 380 g/mol. The number of nitro groups is 1. The molecule has 2 aromatic carbocycles. The van der Waals surface area contributed by atoms with Gasteiger partial charge in [0.25, 0.3) is 11.6 Å². The smallest absolute Gasteiger partial charge is 0.293 e. The van der Waals surface area contributed by atoms with Gasteiger partial charge in [-0.1, -0.05) is 24.3 Å². The zero-order valence-corrected chi connectivity index (χ0v) is 17.2. The van der Waals surface area contributed by atoms with Gasteiger partial charge in [0.2, 0.25) is 0 Å². The van der Waals surface area contributed by atoms with Crippen molar-refractivity contribution < 1.29 is 14.6 Å². The second-order valence-corrected chi connectivity index (χ2v) is 8.35.